The summed E-state index contributed by atoms with van der Waals surface area (Å²) in [4.78, 5) is 31.1. The van der Waals surface area contributed by atoms with Crippen molar-refractivity contribution in [3.05, 3.63) is 138 Å². The number of hydrogen-bond acceptors (Lipinski definition) is 6. The molecule has 280 valence electrons. The van der Waals surface area contributed by atoms with Gasteiger partial charge in [-0.3, -0.25) is 4.79 Å². The largest absolute Gasteiger partial charge is 0.495 e. The Morgan fingerprint density at radius 2 is 1.12 bits per heavy atom. The topological polar surface area (TPSA) is 102 Å². The second kappa shape index (κ2) is 14.5. The molecule has 8 heteroatoms. The maximum absolute atomic E-state index is 12.9. The number of benzene rings is 4. The predicted octanol–water partition coefficient (Wildman–Crippen LogP) is 11.8. The molecular formula is C49H40N4O4. The first-order valence-electron chi connectivity index (χ1n) is 19.0. The molecule has 0 spiro atoms. The molecule has 0 saturated carbocycles. The summed E-state index contributed by atoms with van der Waals surface area (Å²) in [6.07, 6.45) is 7.81. The van der Waals surface area contributed by atoms with Gasteiger partial charge >= 0.3 is 5.97 Å². The van der Waals surface area contributed by atoms with E-state index in [4.69, 9.17) is 24.2 Å². The summed E-state index contributed by atoms with van der Waals surface area (Å²) in [7, 11) is 1.65. The van der Waals surface area contributed by atoms with Gasteiger partial charge < -0.3 is 24.2 Å². The zero-order valence-electron chi connectivity index (χ0n) is 32.3. The van der Waals surface area contributed by atoms with E-state index in [9.17, 15) is 4.79 Å². The van der Waals surface area contributed by atoms with E-state index in [1.54, 1.807) is 7.11 Å². The van der Waals surface area contributed by atoms with Crippen LogP contribution in [0.4, 0.5) is 0 Å². The Morgan fingerprint density at radius 1 is 0.596 bits per heavy atom. The van der Waals surface area contributed by atoms with Crippen LogP contribution in [-0.4, -0.2) is 39.1 Å². The van der Waals surface area contributed by atoms with Gasteiger partial charge in [0.1, 0.15) is 5.75 Å². The molecular weight excluding hydrogens is 709 g/mol. The number of esters is 1. The molecule has 0 saturated heterocycles. The summed E-state index contributed by atoms with van der Waals surface area (Å²) < 4.78 is 19.2. The van der Waals surface area contributed by atoms with Gasteiger partial charge in [0.2, 0.25) is 0 Å². The Labute approximate surface area is 330 Å². The molecule has 57 heavy (non-hydrogen) atoms. The fourth-order valence-corrected chi connectivity index (χ4v) is 7.86. The highest BCUT2D eigenvalue weighted by Gasteiger charge is 2.31. The number of H-pyrrole nitrogens is 2. The van der Waals surface area contributed by atoms with Crippen molar-refractivity contribution in [3.8, 4) is 50.6 Å². The minimum absolute atomic E-state index is 0.292. The van der Waals surface area contributed by atoms with Gasteiger partial charge in [-0.1, -0.05) is 78.9 Å². The quantitative estimate of drug-likeness (QED) is 0.124. The zero-order chi connectivity index (χ0) is 39.2. The highest BCUT2D eigenvalue weighted by atomic mass is 16.6. The highest BCUT2D eigenvalue weighted by Crippen LogP contribution is 2.54. The first-order valence-corrected chi connectivity index (χ1v) is 19.0. The van der Waals surface area contributed by atoms with Crippen LogP contribution in [0, 0.1) is 6.92 Å². The van der Waals surface area contributed by atoms with Crippen molar-refractivity contribution < 1.29 is 19.0 Å². The molecule has 2 aliphatic heterocycles. The van der Waals surface area contributed by atoms with Gasteiger partial charge in [0, 0.05) is 56.5 Å². The molecule has 2 aliphatic rings. The summed E-state index contributed by atoms with van der Waals surface area (Å²) in [6.45, 7) is 7.29. The SMILES string of the molecule is COc1c(-c2c3nc(c(-c4ccccc4)c4ccc(cc5ccc([nH]5)c(-c5ccccc5)c5nc2C=C5)[nH]4)C=C3)c(OC(C)C)c(OC(C)=O)c2c(C)cccc12. The lowest BCUT2D eigenvalue weighted by molar-refractivity contribution is -0.131. The zero-order valence-corrected chi connectivity index (χ0v) is 32.3. The lowest BCUT2D eigenvalue weighted by Crippen LogP contribution is -2.12. The van der Waals surface area contributed by atoms with E-state index in [0.717, 1.165) is 72.0 Å². The van der Waals surface area contributed by atoms with Crippen molar-refractivity contribution >= 4 is 63.1 Å². The molecule has 7 aromatic rings. The van der Waals surface area contributed by atoms with Crippen LogP contribution in [-0.2, 0) is 4.79 Å². The molecule has 2 N–H and O–H groups in total. The highest BCUT2D eigenvalue weighted by molar-refractivity contribution is 6.08. The van der Waals surface area contributed by atoms with Gasteiger partial charge in [0.05, 0.1) is 41.6 Å². The first kappa shape index (κ1) is 35.5. The van der Waals surface area contributed by atoms with Crippen LogP contribution in [0.25, 0.3) is 90.5 Å². The van der Waals surface area contributed by atoms with Crippen molar-refractivity contribution in [3.63, 3.8) is 0 Å². The van der Waals surface area contributed by atoms with Crippen LogP contribution in [0.3, 0.4) is 0 Å². The molecule has 0 aliphatic carbocycles. The predicted molar refractivity (Wildman–Crippen MR) is 231 cm³/mol. The summed E-state index contributed by atoms with van der Waals surface area (Å²) in [5.41, 5.74) is 12.6. The van der Waals surface area contributed by atoms with Crippen molar-refractivity contribution in [1.29, 1.82) is 0 Å². The van der Waals surface area contributed by atoms with Crippen LogP contribution < -0.4 is 14.2 Å². The number of aryl methyl sites for hydroxylation is 1. The van der Waals surface area contributed by atoms with E-state index in [-0.39, 0.29) is 6.10 Å². The average molecular weight is 749 g/mol. The van der Waals surface area contributed by atoms with E-state index in [2.05, 4.69) is 64.6 Å². The third kappa shape index (κ3) is 6.45. The molecule has 0 fully saturated rings. The average Bonchev–Trinajstić information content (AvgIpc) is 4.04. The van der Waals surface area contributed by atoms with Crippen molar-refractivity contribution in [1.82, 2.24) is 19.9 Å². The first-order chi connectivity index (χ1) is 27.8. The lowest BCUT2D eigenvalue weighted by atomic mass is 9.93. The summed E-state index contributed by atoms with van der Waals surface area (Å²) in [6, 6.07) is 36.9. The summed E-state index contributed by atoms with van der Waals surface area (Å²) in [5, 5.41) is 1.49. The van der Waals surface area contributed by atoms with Gasteiger partial charge in [-0.05, 0) is 92.1 Å². The molecule has 0 unspecified atom stereocenters. The van der Waals surface area contributed by atoms with Gasteiger partial charge in [-0.2, -0.15) is 0 Å². The number of carbonyl (C=O) groups excluding carboxylic acids is 1. The normalized spacial score (nSPS) is 12.0. The van der Waals surface area contributed by atoms with Crippen LogP contribution in [0.1, 0.15) is 49.1 Å². The van der Waals surface area contributed by atoms with Gasteiger partial charge in [0.25, 0.3) is 0 Å². The molecule has 5 heterocycles. The van der Waals surface area contributed by atoms with Crippen LogP contribution in [0.15, 0.2) is 109 Å². The Hall–Kier alpha value is -7.19. The Kier molecular flexibility index (Phi) is 9.01. The number of hydrogen-bond donors (Lipinski definition) is 2. The van der Waals surface area contributed by atoms with E-state index >= 15 is 0 Å². The lowest BCUT2D eigenvalue weighted by Gasteiger charge is -2.24. The van der Waals surface area contributed by atoms with Crippen LogP contribution in [0.5, 0.6) is 17.2 Å². The smallest absolute Gasteiger partial charge is 0.308 e. The second-order valence-corrected chi connectivity index (χ2v) is 14.4. The Balaban J connectivity index is 1.52. The van der Waals surface area contributed by atoms with Crippen LogP contribution >= 0.6 is 0 Å². The van der Waals surface area contributed by atoms with E-state index in [1.165, 1.54) is 6.92 Å². The number of fused-ring (bicyclic) bond motifs is 9. The monoisotopic (exact) mass is 748 g/mol. The van der Waals surface area contributed by atoms with Crippen molar-refractivity contribution in [2.24, 2.45) is 0 Å². The summed E-state index contributed by atoms with van der Waals surface area (Å²) >= 11 is 0. The number of ether oxygens (including phenoxy) is 3. The summed E-state index contributed by atoms with van der Waals surface area (Å²) in [5.74, 6) is 0.777. The van der Waals surface area contributed by atoms with E-state index in [1.807, 2.05) is 99.7 Å². The Morgan fingerprint density at radius 3 is 1.61 bits per heavy atom. The van der Waals surface area contributed by atoms with E-state index < -0.39 is 5.97 Å². The number of aromatic nitrogens is 4. The third-order valence-electron chi connectivity index (χ3n) is 10.2. The molecule has 3 aromatic heterocycles. The van der Waals surface area contributed by atoms with E-state index in [0.29, 0.717) is 39.8 Å². The second-order valence-electron chi connectivity index (χ2n) is 14.4. The fraction of sp³-hybridized carbons (Fsp3) is 0.122. The van der Waals surface area contributed by atoms with Crippen molar-refractivity contribution in [2.45, 2.75) is 33.8 Å². The number of nitrogens with zero attached hydrogens (tertiary/aromatic N) is 2. The maximum atomic E-state index is 12.9. The number of carbonyl (C=O) groups is 1. The van der Waals surface area contributed by atoms with Gasteiger partial charge in [-0.15, -0.1) is 0 Å². The standard InChI is InChI=1S/C49H40N4O4/c1-28(2)56-49-46(47(55-5)35-18-12-13-29(3)42(35)48(49)57-30(4)54)45-40-25-23-38(52-40)43(31-14-8-6-9-15-31)36-21-19-33(50-36)27-34-20-22-37(51-34)44(32-16-10-7-11-17-32)39-24-26-41(45)53-39/h6-28,50-51H,1-5H3. The number of aromatic amines is 2. The molecule has 0 radical (unpaired) electrons. The number of rotatable bonds is 7. The fourth-order valence-electron chi connectivity index (χ4n) is 7.86. The van der Waals surface area contributed by atoms with Gasteiger partial charge in [0.15, 0.2) is 11.5 Å². The molecule has 8 bridgehead atoms. The molecule has 0 atom stereocenters. The molecule has 9 rings (SSSR count). The molecule has 4 aromatic carbocycles. The molecule has 0 amide bonds. The Bertz CT molecular complexity index is 2820. The van der Waals surface area contributed by atoms with Crippen LogP contribution in [0.2, 0.25) is 0 Å². The minimum Gasteiger partial charge on any atom is -0.495 e. The van der Waals surface area contributed by atoms with Crippen molar-refractivity contribution in [2.75, 3.05) is 7.11 Å². The van der Waals surface area contributed by atoms with Gasteiger partial charge in [-0.25, -0.2) is 9.97 Å². The number of nitrogens with one attached hydrogen (secondary N) is 2. The number of methoxy groups -OCH3 is 1. The molecule has 8 nitrogen and oxygen atoms in total. The maximum Gasteiger partial charge on any atom is 0.308 e. The third-order valence-corrected chi connectivity index (χ3v) is 10.2. The minimum atomic E-state index is -0.466.